The number of ether oxygens (including phenoxy) is 1. The summed E-state index contributed by atoms with van der Waals surface area (Å²) in [5, 5.41) is 2.38. The summed E-state index contributed by atoms with van der Waals surface area (Å²) in [5.74, 6) is 1.34. The van der Waals surface area contributed by atoms with E-state index in [2.05, 4.69) is 18.2 Å². The Kier molecular flexibility index (Phi) is 2.60. The van der Waals surface area contributed by atoms with Crippen molar-refractivity contribution < 1.29 is 4.74 Å². The van der Waals surface area contributed by atoms with Crippen LogP contribution >= 0.6 is 11.6 Å². The zero-order chi connectivity index (χ0) is 9.97. The van der Waals surface area contributed by atoms with E-state index in [0.29, 0.717) is 5.88 Å². The molecule has 0 saturated carbocycles. The van der Waals surface area contributed by atoms with Crippen molar-refractivity contribution in [3.05, 3.63) is 42.0 Å². The van der Waals surface area contributed by atoms with Gasteiger partial charge in [-0.2, -0.15) is 0 Å². The highest BCUT2D eigenvalue weighted by Crippen LogP contribution is 2.26. The lowest BCUT2D eigenvalue weighted by molar-refractivity contribution is 0.412. The molecule has 72 valence electrons. The van der Waals surface area contributed by atoms with Crippen molar-refractivity contribution in [2.75, 3.05) is 7.11 Å². The summed E-state index contributed by atoms with van der Waals surface area (Å²) in [7, 11) is 1.67. The van der Waals surface area contributed by atoms with Gasteiger partial charge in [0.05, 0.1) is 13.0 Å². The molecular formula is C12H11ClO. The van der Waals surface area contributed by atoms with Gasteiger partial charge in [0.25, 0.3) is 0 Å². The average Bonchev–Trinajstić information content (AvgIpc) is 2.27. The molecule has 0 atom stereocenters. The van der Waals surface area contributed by atoms with Crippen LogP contribution < -0.4 is 4.74 Å². The van der Waals surface area contributed by atoms with Crippen LogP contribution in [0.1, 0.15) is 5.56 Å². The Balaban J connectivity index is 2.69. The van der Waals surface area contributed by atoms with Gasteiger partial charge in [0.15, 0.2) is 0 Å². The van der Waals surface area contributed by atoms with Crippen LogP contribution in [0.25, 0.3) is 10.8 Å². The molecule has 0 saturated heterocycles. The number of rotatable bonds is 2. The van der Waals surface area contributed by atoms with Gasteiger partial charge in [-0.3, -0.25) is 0 Å². The first-order valence-electron chi connectivity index (χ1n) is 4.47. The van der Waals surface area contributed by atoms with E-state index in [4.69, 9.17) is 16.3 Å². The molecule has 0 fully saturated rings. The third-order valence-electron chi connectivity index (χ3n) is 2.29. The fourth-order valence-electron chi connectivity index (χ4n) is 1.56. The van der Waals surface area contributed by atoms with Crippen LogP contribution in [0.2, 0.25) is 0 Å². The fourth-order valence-corrected chi connectivity index (χ4v) is 1.77. The Labute approximate surface area is 88.3 Å². The van der Waals surface area contributed by atoms with Crippen LogP contribution in [0, 0.1) is 0 Å². The topological polar surface area (TPSA) is 9.23 Å². The summed E-state index contributed by atoms with van der Waals surface area (Å²) in [5.41, 5.74) is 1.04. The number of hydrogen-bond acceptors (Lipinski definition) is 1. The van der Waals surface area contributed by atoms with Crippen LogP contribution in [-0.4, -0.2) is 7.11 Å². The minimum Gasteiger partial charge on any atom is -0.496 e. The third kappa shape index (κ3) is 1.55. The first-order chi connectivity index (χ1) is 6.85. The second-order valence-corrected chi connectivity index (χ2v) is 3.41. The van der Waals surface area contributed by atoms with Crippen LogP contribution in [-0.2, 0) is 5.88 Å². The number of methoxy groups -OCH3 is 1. The van der Waals surface area contributed by atoms with E-state index in [1.54, 1.807) is 7.11 Å². The van der Waals surface area contributed by atoms with Crippen molar-refractivity contribution in [3.63, 3.8) is 0 Å². The Hall–Kier alpha value is -1.21. The maximum absolute atomic E-state index is 5.83. The summed E-state index contributed by atoms with van der Waals surface area (Å²) in [4.78, 5) is 0. The van der Waals surface area contributed by atoms with Crippen molar-refractivity contribution in [1.29, 1.82) is 0 Å². The quantitative estimate of drug-likeness (QED) is 0.683. The first-order valence-corrected chi connectivity index (χ1v) is 5.00. The van der Waals surface area contributed by atoms with Crippen molar-refractivity contribution >= 4 is 22.4 Å². The molecule has 2 aromatic rings. The van der Waals surface area contributed by atoms with Gasteiger partial charge in [-0.15, -0.1) is 11.6 Å². The van der Waals surface area contributed by atoms with E-state index in [-0.39, 0.29) is 0 Å². The Bertz CT molecular complexity index is 409. The molecular weight excluding hydrogens is 196 g/mol. The molecule has 0 bridgehead atoms. The van der Waals surface area contributed by atoms with Gasteiger partial charge in [-0.1, -0.05) is 24.3 Å². The molecule has 0 aliphatic rings. The molecule has 0 heterocycles. The van der Waals surface area contributed by atoms with Crippen LogP contribution in [0.5, 0.6) is 5.75 Å². The zero-order valence-electron chi connectivity index (χ0n) is 7.96. The second-order valence-electron chi connectivity index (χ2n) is 3.14. The normalized spacial score (nSPS) is 10.4. The van der Waals surface area contributed by atoms with Crippen molar-refractivity contribution in [2.24, 2.45) is 0 Å². The molecule has 1 nitrogen and oxygen atoms in total. The lowest BCUT2D eigenvalue weighted by atomic mass is 10.1. The van der Waals surface area contributed by atoms with Gasteiger partial charge >= 0.3 is 0 Å². The summed E-state index contributed by atoms with van der Waals surface area (Å²) >= 11 is 5.83. The number of halogens is 1. The molecule has 0 radical (unpaired) electrons. The van der Waals surface area contributed by atoms with E-state index < -0.39 is 0 Å². The smallest absolute Gasteiger partial charge is 0.123 e. The number of alkyl halides is 1. The molecule has 2 heteroatoms. The van der Waals surface area contributed by atoms with Gasteiger partial charge in [-0.25, -0.2) is 0 Å². The highest BCUT2D eigenvalue weighted by atomic mass is 35.5. The zero-order valence-corrected chi connectivity index (χ0v) is 8.71. The SMILES string of the molecule is COc1cc2ccccc2cc1CCl. The highest BCUT2D eigenvalue weighted by Gasteiger charge is 2.03. The Morgan fingerprint density at radius 3 is 2.36 bits per heavy atom. The fraction of sp³-hybridized carbons (Fsp3) is 0.167. The summed E-state index contributed by atoms with van der Waals surface area (Å²) in [6, 6.07) is 12.3. The predicted octanol–water partition coefficient (Wildman–Crippen LogP) is 3.59. The molecule has 0 N–H and O–H groups in total. The molecule has 0 aliphatic carbocycles. The summed E-state index contributed by atoms with van der Waals surface area (Å²) in [6.45, 7) is 0. The largest absolute Gasteiger partial charge is 0.496 e. The third-order valence-corrected chi connectivity index (χ3v) is 2.58. The van der Waals surface area contributed by atoms with E-state index in [9.17, 15) is 0 Å². The Morgan fingerprint density at radius 1 is 1.14 bits per heavy atom. The molecule has 0 aromatic heterocycles. The minimum absolute atomic E-state index is 0.480. The van der Waals surface area contributed by atoms with Crippen LogP contribution in [0.15, 0.2) is 36.4 Å². The summed E-state index contributed by atoms with van der Waals surface area (Å²) in [6.07, 6.45) is 0. The van der Waals surface area contributed by atoms with Gasteiger partial charge in [-0.05, 0) is 22.9 Å². The molecule has 0 unspecified atom stereocenters. The Morgan fingerprint density at radius 2 is 1.79 bits per heavy atom. The number of fused-ring (bicyclic) bond motifs is 1. The molecule has 0 amide bonds. The molecule has 2 aromatic carbocycles. The predicted molar refractivity (Wildman–Crippen MR) is 60.1 cm³/mol. The van der Waals surface area contributed by atoms with E-state index in [1.807, 2.05) is 18.2 Å². The summed E-state index contributed by atoms with van der Waals surface area (Å²) < 4.78 is 5.26. The minimum atomic E-state index is 0.480. The molecule has 0 aliphatic heterocycles. The number of hydrogen-bond donors (Lipinski definition) is 0. The van der Waals surface area contributed by atoms with E-state index in [0.717, 1.165) is 11.3 Å². The van der Waals surface area contributed by atoms with Crippen molar-refractivity contribution in [3.8, 4) is 5.75 Å². The van der Waals surface area contributed by atoms with Gasteiger partial charge < -0.3 is 4.74 Å². The van der Waals surface area contributed by atoms with Gasteiger partial charge in [0.1, 0.15) is 5.75 Å². The van der Waals surface area contributed by atoms with Crippen molar-refractivity contribution in [1.82, 2.24) is 0 Å². The van der Waals surface area contributed by atoms with E-state index in [1.165, 1.54) is 10.8 Å². The van der Waals surface area contributed by atoms with Gasteiger partial charge in [0, 0.05) is 5.56 Å². The molecule has 14 heavy (non-hydrogen) atoms. The molecule has 0 spiro atoms. The average molecular weight is 207 g/mol. The highest BCUT2D eigenvalue weighted by molar-refractivity contribution is 6.17. The molecule has 2 rings (SSSR count). The van der Waals surface area contributed by atoms with Crippen molar-refractivity contribution in [2.45, 2.75) is 5.88 Å². The van der Waals surface area contributed by atoms with E-state index >= 15 is 0 Å². The monoisotopic (exact) mass is 206 g/mol. The van der Waals surface area contributed by atoms with Crippen LogP contribution in [0.4, 0.5) is 0 Å². The standard InChI is InChI=1S/C12H11ClO/c1-14-12-7-10-5-3-2-4-9(10)6-11(12)8-13/h2-7H,8H2,1H3. The lowest BCUT2D eigenvalue weighted by Crippen LogP contribution is -1.89. The maximum atomic E-state index is 5.83. The first kappa shape index (κ1) is 9.35. The second kappa shape index (κ2) is 3.89. The number of benzene rings is 2. The lowest BCUT2D eigenvalue weighted by Gasteiger charge is -2.07. The van der Waals surface area contributed by atoms with Crippen LogP contribution in [0.3, 0.4) is 0 Å². The maximum Gasteiger partial charge on any atom is 0.123 e. The van der Waals surface area contributed by atoms with Gasteiger partial charge in [0.2, 0.25) is 0 Å².